The Hall–Kier alpha value is -3.21. The van der Waals surface area contributed by atoms with Crippen molar-refractivity contribution in [2.24, 2.45) is 0 Å². The van der Waals surface area contributed by atoms with Gasteiger partial charge in [0.05, 0.1) is 6.04 Å². The molecule has 1 amide bonds. The summed E-state index contributed by atoms with van der Waals surface area (Å²) in [6.07, 6.45) is 2.52. The lowest BCUT2D eigenvalue weighted by molar-refractivity contribution is -0.122. The minimum atomic E-state index is -0.201. The van der Waals surface area contributed by atoms with Gasteiger partial charge in [0.15, 0.2) is 0 Å². The van der Waals surface area contributed by atoms with Gasteiger partial charge in [0.1, 0.15) is 12.4 Å². The third-order valence-corrected chi connectivity index (χ3v) is 5.23. The third-order valence-electron chi connectivity index (χ3n) is 5.23. The molecule has 0 fully saturated rings. The minimum Gasteiger partial charge on any atom is -0.348 e. The fraction of sp³-hybridized carbons (Fsp3) is 0.261. The largest absolute Gasteiger partial charge is 0.348 e. The zero-order chi connectivity index (χ0) is 19.5. The van der Waals surface area contributed by atoms with E-state index in [1.54, 1.807) is 0 Å². The number of benzene rings is 2. The minimum absolute atomic E-state index is 0.00227. The lowest BCUT2D eigenvalue weighted by Crippen LogP contribution is -2.35. The number of rotatable bonds is 5. The van der Waals surface area contributed by atoms with Gasteiger partial charge in [-0.25, -0.2) is 4.98 Å². The molecule has 28 heavy (non-hydrogen) atoms. The molecule has 0 unspecified atom stereocenters. The number of carbonyl (C=O) groups is 1. The number of nitrogens with one attached hydrogen (secondary N) is 1. The molecule has 0 saturated heterocycles. The fourth-order valence-corrected chi connectivity index (χ4v) is 3.79. The van der Waals surface area contributed by atoms with Crippen molar-refractivity contribution >= 4 is 5.91 Å². The maximum atomic E-state index is 12.8. The molecule has 0 saturated carbocycles. The second kappa shape index (κ2) is 7.80. The van der Waals surface area contributed by atoms with Gasteiger partial charge in [-0.3, -0.25) is 14.2 Å². The smallest absolute Gasteiger partial charge is 0.254 e. The van der Waals surface area contributed by atoms with Crippen molar-refractivity contribution < 1.29 is 4.79 Å². The Morgan fingerprint density at radius 3 is 2.68 bits per heavy atom. The maximum Gasteiger partial charge on any atom is 0.254 e. The number of fused-ring (bicyclic) bond motifs is 1. The van der Waals surface area contributed by atoms with Gasteiger partial charge in [0.25, 0.3) is 5.56 Å². The number of hydrogen-bond acceptors (Lipinski definition) is 3. The van der Waals surface area contributed by atoms with Crippen LogP contribution in [0.4, 0.5) is 0 Å². The maximum absolute atomic E-state index is 12.8. The zero-order valence-corrected chi connectivity index (χ0v) is 15.9. The number of nitrogens with zero attached hydrogens (tertiary/aromatic N) is 2. The van der Waals surface area contributed by atoms with Crippen LogP contribution in [-0.2, 0) is 24.2 Å². The van der Waals surface area contributed by atoms with E-state index in [1.165, 1.54) is 21.8 Å². The van der Waals surface area contributed by atoms with Crippen molar-refractivity contribution in [3.05, 3.63) is 87.8 Å². The second-order valence-electron chi connectivity index (χ2n) is 7.07. The van der Waals surface area contributed by atoms with Crippen molar-refractivity contribution in [2.45, 2.75) is 38.8 Å². The quantitative estimate of drug-likeness (QED) is 0.746. The van der Waals surface area contributed by atoms with Gasteiger partial charge in [-0.15, -0.1) is 0 Å². The van der Waals surface area contributed by atoms with Crippen molar-refractivity contribution in [3.8, 4) is 11.4 Å². The molecule has 0 aliphatic heterocycles. The van der Waals surface area contributed by atoms with Gasteiger partial charge < -0.3 is 5.32 Å². The molecule has 0 spiro atoms. The van der Waals surface area contributed by atoms with Crippen LogP contribution in [-0.4, -0.2) is 15.5 Å². The van der Waals surface area contributed by atoms with Crippen LogP contribution in [0.5, 0.6) is 0 Å². The zero-order valence-electron chi connectivity index (χ0n) is 15.9. The molecular weight excluding hydrogens is 350 g/mol. The Bertz CT molecular complexity index is 1060. The molecule has 4 rings (SSSR count). The summed E-state index contributed by atoms with van der Waals surface area (Å²) in [6.45, 7) is 1.92. The first-order valence-electron chi connectivity index (χ1n) is 9.69. The Labute approximate surface area is 164 Å². The van der Waals surface area contributed by atoms with Gasteiger partial charge in [-0.1, -0.05) is 61.5 Å². The number of aryl methyl sites for hydroxylation is 2. The summed E-state index contributed by atoms with van der Waals surface area (Å²) in [5, 5.41) is 3.09. The summed E-state index contributed by atoms with van der Waals surface area (Å²) in [7, 11) is 0. The number of hydrogen-bond donors (Lipinski definition) is 1. The highest BCUT2D eigenvalue weighted by Crippen LogP contribution is 2.30. The van der Waals surface area contributed by atoms with Crippen LogP contribution in [0.2, 0.25) is 0 Å². The molecule has 1 aliphatic carbocycles. The standard InChI is InChI=1S/C23H23N3O2/c1-2-18-14-22(28)26(23(24-18)17-9-4-3-5-10-17)15-21(27)25-20-13-12-16-8-6-7-11-19(16)20/h3-11,14,20H,2,12-13,15H2,1H3,(H,25,27)/t20-/m0/s1. The molecule has 2 aromatic carbocycles. The van der Waals surface area contributed by atoms with E-state index < -0.39 is 0 Å². The molecule has 1 heterocycles. The van der Waals surface area contributed by atoms with Gasteiger partial charge in [-0.05, 0) is 30.4 Å². The Kier molecular flexibility index (Phi) is 5.06. The predicted molar refractivity (Wildman–Crippen MR) is 109 cm³/mol. The van der Waals surface area contributed by atoms with Gasteiger partial charge in [0.2, 0.25) is 5.91 Å². The summed E-state index contributed by atoms with van der Waals surface area (Å²) >= 11 is 0. The van der Waals surface area contributed by atoms with Crippen molar-refractivity contribution in [3.63, 3.8) is 0 Å². The topological polar surface area (TPSA) is 64.0 Å². The van der Waals surface area contributed by atoms with E-state index in [1.807, 2.05) is 49.4 Å². The van der Waals surface area contributed by atoms with Crippen LogP contribution >= 0.6 is 0 Å². The third kappa shape index (κ3) is 3.60. The van der Waals surface area contributed by atoms with Crippen molar-refractivity contribution in [1.82, 2.24) is 14.9 Å². The average Bonchev–Trinajstić information content (AvgIpc) is 3.13. The van der Waals surface area contributed by atoms with Crippen LogP contribution in [0.25, 0.3) is 11.4 Å². The summed E-state index contributed by atoms with van der Waals surface area (Å²) < 4.78 is 1.46. The average molecular weight is 373 g/mol. The molecule has 1 N–H and O–H groups in total. The Balaban J connectivity index is 1.61. The van der Waals surface area contributed by atoms with E-state index in [0.29, 0.717) is 12.2 Å². The molecule has 0 radical (unpaired) electrons. The van der Waals surface area contributed by atoms with Crippen LogP contribution < -0.4 is 10.9 Å². The van der Waals surface area contributed by atoms with Crippen LogP contribution in [0.15, 0.2) is 65.5 Å². The molecule has 1 aromatic heterocycles. The highest BCUT2D eigenvalue weighted by Gasteiger charge is 2.24. The number of amides is 1. The molecule has 142 valence electrons. The molecule has 5 heteroatoms. The molecule has 0 bridgehead atoms. The molecule has 1 atom stereocenters. The van der Waals surface area contributed by atoms with Gasteiger partial charge >= 0.3 is 0 Å². The molecular formula is C23H23N3O2. The number of aromatic nitrogens is 2. The first kappa shape index (κ1) is 18.2. The SMILES string of the molecule is CCc1cc(=O)n(CC(=O)N[C@H]2CCc3ccccc32)c(-c2ccccc2)n1. The monoisotopic (exact) mass is 373 g/mol. The summed E-state index contributed by atoms with van der Waals surface area (Å²) in [5.41, 5.74) is 3.81. The highest BCUT2D eigenvalue weighted by molar-refractivity contribution is 5.77. The van der Waals surface area contributed by atoms with Gasteiger partial charge in [-0.2, -0.15) is 0 Å². The summed E-state index contributed by atoms with van der Waals surface area (Å²) in [6, 6.07) is 19.2. The Morgan fingerprint density at radius 2 is 1.89 bits per heavy atom. The van der Waals surface area contributed by atoms with E-state index >= 15 is 0 Å². The Morgan fingerprint density at radius 1 is 1.14 bits per heavy atom. The normalized spacial score (nSPS) is 15.2. The lowest BCUT2D eigenvalue weighted by atomic mass is 10.1. The lowest BCUT2D eigenvalue weighted by Gasteiger charge is -2.17. The molecule has 5 nitrogen and oxygen atoms in total. The first-order valence-corrected chi connectivity index (χ1v) is 9.69. The van der Waals surface area contributed by atoms with E-state index in [4.69, 9.17) is 0 Å². The van der Waals surface area contributed by atoms with Crippen LogP contribution in [0.1, 0.15) is 36.2 Å². The highest BCUT2D eigenvalue weighted by atomic mass is 16.2. The second-order valence-corrected chi connectivity index (χ2v) is 7.07. The van der Waals surface area contributed by atoms with E-state index in [2.05, 4.69) is 22.4 Å². The van der Waals surface area contributed by atoms with Crippen molar-refractivity contribution in [1.29, 1.82) is 0 Å². The van der Waals surface area contributed by atoms with Crippen LogP contribution in [0, 0.1) is 0 Å². The fourth-order valence-electron chi connectivity index (χ4n) is 3.79. The molecule has 3 aromatic rings. The molecule has 1 aliphatic rings. The van der Waals surface area contributed by atoms with Crippen LogP contribution in [0.3, 0.4) is 0 Å². The van der Waals surface area contributed by atoms with E-state index in [-0.39, 0.29) is 24.1 Å². The summed E-state index contributed by atoms with van der Waals surface area (Å²) in [5.74, 6) is 0.360. The first-order chi connectivity index (χ1) is 13.7. The van der Waals surface area contributed by atoms with Crippen molar-refractivity contribution in [2.75, 3.05) is 0 Å². The predicted octanol–water partition coefficient (Wildman–Crippen LogP) is 3.28. The van der Waals surface area contributed by atoms with E-state index in [0.717, 1.165) is 24.1 Å². The van der Waals surface area contributed by atoms with E-state index in [9.17, 15) is 9.59 Å². The summed E-state index contributed by atoms with van der Waals surface area (Å²) in [4.78, 5) is 30.1. The number of carbonyl (C=O) groups excluding carboxylic acids is 1. The van der Waals surface area contributed by atoms with Gasteiger partial charge in [0, 0.05) is 17.3 Å².